The molecule has 2 aromatic rings. The number of nitrogens with one attached hydrogen (secondary N) is 3. The van der Waals surface area contributed by atoms with E-state index in [0.717, 1.165) is 34.9 Å². The number of primary amides is 1. The summed E-state index contributed by atoms with van der Waals surface area (Å²) in [7, 11) is 4.03. The maximum absolute atomic E-state index is 10.6. The van der Waals surface area contributed by atoms with E-state index in [1.165, 1.54) is 5.56 Å². The fraction of sp³-hybridized carbons (Fsp3) is 0.400. The predicted molar refractivity (Wildman–Crippen MR) is 94.7 cm³/mol. The Morgan fingerprint density at radius 3 is 2.96 bits per heavy atom. The maximum Gasteiger partial charge on any atom is 0.317 e. The molecule has 0 bridgehead atoms. The van der Waals surface area contributed by atoms with Crippen molar-refractivity contribution in [1.82, 2.24) is 20.2 Å². The van der Waals surface area contributed by atoms with Gasteiger partial charge in [-0.15, -0.1) is 0 Å². The normalized spacial score (nSPS) is 11.1. The van der Waals surface area contributed by atoms with Gasteiger partial charge in [-0.2, -0.15) is 11.8 Å². The summed E-state index contributed by atoms with van der Waals surface area (Å²) in [5.74, 6) is 2.72. The zero-order chi connectivity index (χ0) is 16.8. The lowest BCUT2D eigenvalue weighted by Gasteiger charge is -2.05. The first-order valence-electron chi connectivity index (χ1n) is 7.28. The number of thioether (sulfide) groups is 1. The Labute approximate surface area is 139 Å². The van der Waals surface area contributed by atoms with E-state index in [9.17, 15) is 4.79 Å². The molecule has 1 aromatic heterocycles. The summed E-state index contributed by atoms with van der Waals surface area (Å²) in [6.07, 6.45) is 0.493. The lowest BCUT2D eigenvalue weighted by atomic mass is 10.2. The Balaban J connectivity index is 1.86. The number of carbonyl (C=O) groups is 1. The van der Waals surface area contributed by atoms with Crippen LogP contribution in [-0.4, -0.2) is 46.6 Å². The van der Waals surface area contributed by atoms with Crippen molar-refractivity contribution < 1.29 is 4.79 Å². The number of carbonyl (C=O) groups excluding carboxylic acids is 1. The van der Waals surface area contributed by atoms with Crippen LogP contribution in [0.25, 0.3) is 11.0 Å². The summed E-state index contributed by atoms with van der Waals surface area (Å²) >= 11 is 1.71. The molecule has 2 rings (SSSR count). The molecule has 0 saturated carbocycles. The van der Waals surface area contributed by atoms with Gasteiger partial charge in [0.1, 0.15) is 11.7 Å². The molecule has 1 aromatic carbocycles. The first kappa shape index (κ1) is 17.3. The van der Waals surface area contributed by atoms with Crippen LogP contribution in [0, 0.1) is 5.41 Å². The average molecular weight is 334 g/mol. The number of benzene rings is 1. The summed E-state index contributed by atoms with van der Waals surface area (Å²) in [4.78, 5) is 20.6. The monoisotopic (exact) mass is 334 g/mol. The van der Waals surface area contributed by atoms with E-state index in [2.05, 4.69) is 32.3 Å². The van der Waals surface area contributed by atoms with Crippen molar-refractivity contribution in [3.63, 3.8) is 0 Å². The number of rotatable bonds is 7. The molecule has 124 valence electrons. The van der Waals surface area contributed by atoms with Crippen LogP contribution >= 0.6 is 11.8 Å². The Hall–Kier alpha value is -2.06. The highest BCUT2D eigenvalue weighted by Crippen LogP contribution is 2.19. The second kappa shape index (κ2) is 7.98. The fourth-order valence-corrected chi connectivity index (χ4v) is 3.06. The van der Waals surface area contributed by atoms with Gasteiger partial charge in [-0.05, 0) is 31.8 Å². The molecule has 23 heavy (non-hydrogen) atoms. The number of hydrogen-bond acceptors (Lipinski definition) is 5. The molecular formula is C15H22N6OS. The lowest BCUT2D eigenvalue weighted by Crippen LogP contribution is -2.34. The van der Waals surface area contributed by atoms with Crippen molar-refractivity contribution in [2.75, 3.05) is 19.8 Å². The summed E-state index contributed by atoms with van der Waals surface area (Å²) in [5, 5.41) is 9.80. The van der Waals surface area contributed by atoms with Gasteiger partial charge >= 0.3 is 6.03 Å². The minimum absolute atomic E-state index is 0.155. The number of aromatic nitrogens is 2. The molecule has 7 nitrogen and oxygen atoms in total. The SMILES string of the molecule is CN(C)Cc1nc2ccc(CSCCC(=N)NC(N)=O)cc2[nH]1. The Kier molecular flexibility index (Phi) is 6.00. The summed E-state index contributed by atoms with van der Waals surface area (Å²) in [6.45, 7) is 0.785. The van der Waals surface area contributed by atoms with Crippen LogP contribution < -0.4 is 11.1 Å². The van der Waals surface area contributed by atoms with Crippen LogP contribution in [-0.2, 0) is 12.3 Å². The van der Waals surface area contributed by atoms with Crippen molar-refractivity contribution in [1.29, 1.82) is 5.41 Å². The third-order valence-electron chi connectivity index (χ3n) is 3.10. The molecule has 0 aliphatic carbocycles. The number of nitrogens with two attached hydrogens (primary N) is 1. The molecule has 1 heterocycles. The third-order valence-corrected chi connectivity index (χ3v) is 4.13. The Morgan fingerprint density at radius 2 is 2.26 bits per heavy atom. The number of hydrogen-bond donors (Lipinski definition) is 4. The number of amidine groups is 1. The van der Waals surface area contributed by atoms with Gasteiger partial charge in [0.25, 0.3) is 0 Å². The number of urea groups is 1. The molecule has 0 fully saturated rings. The van der Waals surface area contributed by atoms with E-state index < -0.39 is 6.03 Å². The van der Waals surface area contributed by atoms with Gasteiger partial charge in [-0.3, -0.25) is 10.7 Å². The van der Waals surface area contributed by atoms with Crippen molar-refractivity contribution >= 4 is 34.7 Å². The highest BCUT2D eigenvalue weighted by molar-refractivity contribution is 7.98. The molecule has 0 saturated heterocycles. The molecule has 0 unspecified atom stereocenters. The van der Waals surface area contributed by atoms with Crippen LogP contribution in [0.1, 0.15) is 17.8 Å². The van der Waals surface area contributed by atoms with Crippen molar-refractivity contribution in [3.05, 3.63) is 29.6 Å². The second-order valence-corrected chi connectivity index (χ2v) is 6.65. The topological polar surface area (TPSA) is 111 Å². The molecule has 0 aliphatic rings. The highest BCUT2D eigenvalue weighted by Gasteiger charge is 2.05. The zero-order valence-corrected chi connectivity index (χ0v) is 14.2. The van der Waals surface area contributed by atoms with E-state index in [0.29, 0.717) is 6.42 Å². The van der Waals surface area contributed by atoms with Gasteiger partial charge in [0.15, 0.2) is 0 Å². The summed E-state index contributed by atoms with van der Waals surface area (Å²) < 4.78 is 0. The van der Waals surface area contributed by atoms with Gasteiger partial charge in [0.2, 0.25) is 0 Å². The van der Waals surface area contributed by atoms with Crippen LogP contribution in [0.5, 0.6) is 0 Å². The van der Waals surface area contributed by atoms with E-state index in [1.807, 2.05) is 20.2 Å². The molecule has 0 aliphatic heterocycles. The number of aromatic amines is 1. The minimum Gasteiger partial charge on any atom is -0.351 e. The standard InChI is InChI=1S/C15H22N6OS/c1-21(2)8-14-18-11-4-3-10(7-12(11)19-14)9-23-6-5-13(16)20-15(17)22/h3-4,7H,5-6,8-9H2,1-2H3,(H,18,19)(H4,16,17,20,22). The van der Waals surface area contributed by atoms with Gasteiger partial charge in [0.05, 0.1) is 17.6 Å². The molecule has 8 heteroatoms. The second-order valence-electron chi connectivity index (χ2n) is 5.54. The molecule has 0 spiro atoms. The Morgan fingerprint density at radius 1 is 1.48 bits per heavy atom. The van der Waals surface area contributed by atoms with Crippen LogP contribution in [0.4, 0.5) is 4.79 Å². The number of fused-ring (bicyclic) bond motifs is 1. The largest absolute Gasteiger partial charge is 0.351 e. The number of nitrogens with zero attached hydrogens (tertiary/aromatic N) is 2. The van der Waals surface area contributed by atoms with E-state index >= 15 is 0 Å². The van der Waals surface area contributed by atoms with Gasteiger partial charge in [0, 0.05) is 17.9 Å². The van der Waals surface area contributed by atoms with Crippen molar-refractivity contribution in [2.45, 2.75) is 18.7 Å². The predicted octanol–water partition coefficient (Wildman–Crippen LogP) is 1.89. The summed E-state index contributed by atoms with van der Waals surface area (Å²) in [5.41, 5.74) is 8.19. The maximum atomic E-state index is 10.6. The van der Waals surface area contributed by atoms with Gasteiger partial charge in [-0.1, -0.05) is 6.07 Å². The van der Waals surface area contributed by atoms with Crippen LogP contribution in [0.15, 0.2) is 18.2 Å². The van der Waals surface area contributed by atoms with E-state index in [1.54, 1.807) is 11.8 Å². The molecule has 5 N–H and O–H groups in total. The summed E-state index contributed by atoms with van der Waals surface area (Å²) in [6, 6.07) is 5.53. The highest BCUT2D eigenvalue weighted by atomic mass is 32.2. The fourth-order valence-electron chi connectivity index (χ4n) is 2.15. The van der Waals surface area contributed by atoms with Gasteiger partial charge in [-0.25, -0.2) is 9.78 Å². The minimum atomic E-state index is -0.682. The first-order chi connectivity index (χ1) is 10.9. The molecule has 0 atom stereocenters. The number of imidazole rings is 1. The zero-order valence-electron chi connectivity index (χ0n) is 13.3. The first-order valence-corrected chi connectivity index (χ1v) is 8.43. The quantitative estimate of drug-likeness (QED) is 0.352. The van der Waals surface area contributed by atoms with Crippen molar-refractivity contribution in [2.24, 2.45) is 5.73 Å². The van der Waals surface area contributed by atoms with Gasteiger partial charge < -0.3 is 15.6 Å². The third kappa shape index (κ3) is 5.57. The number of amides is 2. The van der Waals surface area contributed by atoms with Crippen molar-refractivity contribution in [3.8, 4) is 0 Å². The van der Waals surface area contributed by atoms with E-state index in [-0.39, 0.29) is 5.84 Å². The van der Waals surface area contributed by atoms with Crippen LogP contribution in [0.2, 0.25) is 0 Å². The number of H-pyrrole nitrogens is 1. The van der Waals surface area contributed by atoms with E-state index in [4.69, 9.17) is 11.1 Å². The smallest absolute Gasteiger partial charge is 0.317 e. The lowest BCUT2D eigenvalue weighted by molar-refractivity contribution is 0.253. The molecule has 0 radical (unpaired) electrons. The average Bonchev–Trinajstić information content (AvgIpc) is 2.83. The molecular weight excluding hydrogens is 312 g/mol. The van der Waals surface area contributed by atoms with Crippen LogP contribution in [0.3, 0.4) is 0 Å². The Bertz CT molecular complexity index is 696. The molecule has 2 amide bonds.